The summed E-state index contributed by atoms with van der Waals surface area (Å²) in [7, 11) is 1.66. The predicted molar refractivity (Wildman–Crippen MR) is 287 cm³/mol. The first-order chi connectivity index (χ1) is 34.9. The van der Waals surface area contributed by atoms with Gasteiger partial charge in [0.25, 0.3) is 0 Å². The van der Waals surface area contributed by atoms with Crippen molar-refractivity contribution in [3.05, 3.63) is 101 Å². The minimum atomic E-state index is -4.70. The molecule has 20 heteroatoms. The zero-order valence-corrected chi connectivity index (χ0v) is 47.3. The maximum Gasteiger partial charge on any atom is 0.573 e. The van der Waals surface area contributed by atoms with Gasteiger partial charge in [0.05, 0.1) is 39.1 Å². The molecule has 76 heavy (non-hydrogen) atoms. The largest absolute Gasteiger partial charge is 0.573 e. The normalized spacial score (nSPS) is 12.2. The number of rotatable bonds is 19. The summed E-state index contributed by atoms with van der Waals surface area (Å²) in [6.07, 6.45) is -6.11. The highest BCUT2D eigenvalue weighted by Crippen LogP contribution is 2.42. The van der Waals surface area contributed by atoms with Crippen molar-refractivity contribution < 1.29 is 67.9 Å². The lowest BCUT2D eigenvalue weighted by molar-refractivity contribution is -0.274. The summed E-state index contributed by atoms with van der Waals surface area (Å²) in [5.74, 6) is 3.14. The second-order valence-electron chi connectivity index (χ2n) is 21.4. The quantitative estimate of drug-likeness (QED) is 0.0402. The van der Waals surface area contributed by atoms with Crippen LogP contribution in [0.25, 0.3) is 0 Å². The van der Waals surface area contributed by atoms with Gasteiger partial charge in [0, 0.05) is 27.7 Å². The van der Waals surface area contributed by atoms with Crippen molar-refractivity contribution >= 4 is 11.8 Å². The van der Waals surface area contributed by atoms with E-state index in [4.69, 9.17) is 46.6 Å². The Morgan fingerprint density at radius 2 is 0.776 bits per heavy atom. The molecular formula is C56H83F9N4O6S. The van der Waals surface area contributed by atoms with Gasteiger partial charge in [0.15, 0.2) is 0 Å². The molecular weight excluding hydrogens is 1030 g/mol. The van der Waals surface area contributed by atoms with E-state index in [9.17, 15) is 39.5 Å². The van der Waals surface area contributed by atoms with Crippen LogP contribution in [0.1, 0.15) is 137 Å². The van der Waals surface area contributed by atoms with Crippen LogP contribution in [0.15, 0.2) is 77.7 Å². The highest BCUT2D eigenvalue weighted by atomic mass is 32.2. The van der Waals surface area contributed by atoms with E-state index in [0.29, 0.717) is 100 Å². The summed E-state index contributed by atoms with van der Waals surface area (Å²) < 4.78 is 144. The summed E-state index contributed by atoms with van der Waals surface area (Å²) in [4.78, 5) is 0.175. The van der Waals surface area contributed by atoms with Crippen molar-refractivity contribution in [1.82, 2.24) is 0 Å². The lowest BCUT2D eigenvalue weighted by atomic mass is 9.85. The zero-order valence-electron chi connectivity index (χ0n) is 46.5. The van der Waals surface area contributed by atoms with E-state index in [1.165, 1.54) is 35.9 Å². The van der Waals surface area contributed by atoms with Gasteiger partial charge < -0.3 is 51.4 Å². The summed E-state index contributed by atoms with van der Waals surface area (Å²) in [6.45, 7) is 27.7. The van der Waals surface area contributed by atoms with Crippen LogP contribution < -0.4 is 51.4 Å². The van der Waals surface area contributed by atoms with Crippen LogP contribution in [0.4, 0.5) is 39.5 Å². The predicted octanol–water partition coefficient (Wildman–Crippen LogP) is 14.4. The molecule has 0 heterocycles. The first-order valence-electron chi connectivity index (χ1n) is 24.9. The number of benzene rings is 4. The molecule has 0 saturated heterocycles. The lowest BCUT2D eigenvalue weighted by Crippen LogP contribution is -2.19. The fourth-order valence-corrected chi connectivity index (χ4v) is 7.27. The minimum Gasteiger partial charge on any atom is -0.497 e. The highest BCUT2D eigenvalue weighted by Gasteiger charge is 2.34. The Kier molecular flexibility index (Phi) is 28.2. The molecule has 432 valence electrons. The molecule has 10 nitrogen and oxygen atoms in total. The number of halogens is 9. The van der Waals surface area contributed by atoms with E-state index in [2.05, 4.69) is 31.6 Å². The molecule has 0 amide bonds. The van der Waals surface area contributed by atoms with Crippen LogP contribution in [-0.4, -0.2) is 71.6 Å². The van der Waals surface area contributed by atoms with E-state index in [0.717, 1.165) is 35.6 Å². The van der Waals surface area contributed by atoms with Gasteiger partial charge in [0.2, 0.25) is 0 Å². The molecule has 4 rings (SSSR count). The van der Waals surface area contributed by atoms with Crippen molar-refractivity contribution in [2.75, 3.05) is 59.7 Å². The monoisotopic (exact) mass is 1110 g/mol. The first kappa shape index (κ1) is 69.3. The molecule has 0 spiro atoms. The molecule has 0 radical (unpaired) electrons. The smallest absolute Gasteiger partial charge is 0.497 e. The Balaban J connectivity index is 0.000000508. The fraction of sp³-hybridized carbons (Fsp3) is 0.571. The van der Waals surface area contributed by atoms with Crippen molar-refractivity contribution in [2.24, 2.45) is 22.9 Å². The molecule has 0 aliphatic heterocycles. The lowest BCUT2D eigenvalue weighted by Gasteiger charge is -2.24. The van der Waals surface area contributed by atoms with Crippen molar-refractivity contribution in [3.8, 4) is 34.5 Å². The van der Waals surface area contributed by atoms with Crippen LogP contribution in [0.5, 0.6) is 34.5 Å². The highest BCUT2D eigenvalue weighted by molar-refractivity contribution is 8.00. The third kappa shape index (κ3) is 27.0. The van der Waals surface area contributed by atoms with Gasteiger partial charge in [-0.2, -0.15) is 26.3 Å². The number of thioether (sulfide) groups is 1. The average Bonchev–Trinajstić information content (AvgIpc) is 3.28. The molecule has 8 N–H and O–H groups in total. The summed E-state index contributed by atoms with van der Waals surface area (Å²) in [5, 5.41) is 0. The number of methoxy groups -OCH3 is 1. The van der Waals surface area contributed by atoms with Gasteiger partial charge in [-0.25, -0.2) is 0 Å². The Morgan fingerprint density at radius 3 is 1.14 bits per heavy atom. The van der Waals surface area contributed by atoms with Crippen LogP contribution in [-0.2, 0) is 27.8 Å². The molecule has 0 saturated carbocycles. The molecule has 0 aromatic heterocycles. The fourth-order valence-electron chi connectivity index (χ4n) is 6.69. The van der Waals surface area contributed by atoms with E-state index in [-0.39, 0.29) is 38.7 Å². The standard InChI is InChI=1S/C14H20F3NO2.C14H20F3NOS.C14H20F3NO.C14H23NO2/c2*1-13(2,3)11-9-10(20-14(15,16)17)5-6-12(11)19-8-4-7-18;1-13(2,3)11-9-10(14(15,16)17)5-6-12(11)19-8-4-7-18;1-14(2,3)12-7-6-11(16-4)10-13(12)17-9-5-8-15/h2*5-6,9H,4,7-8,18H2,1-3H3;5-6,9H,4,7-8,18H2,1-3H3;6-7,10H,5,8-9,15H2,1-4H3. The van der Waals surface area contributed by atoms with Gasteiger partial charge in [-0.3, -0.25) is 0 Å². The molecule has 4 aromatic rings. The second-order valence-corrected chi connectivity index (χ2v) is 22.6. The Morgan fingerprint density at radius 1 is 0.408 bits per heavy atom. The number of hydrogen-bond acceptors (Lipinski definition) is 11. The number of hydrogen-bond donors (Lipinski definition) is 4. The molecule has 0 bridgehead atoms. The van der Waals surface area contributed by atoms with Crippen LogP contribution >= 0.6 is 11.8 Å². The molecule has 0 unspecified atom stereocenters. The molecule has 4 aromatic carbocycles. The molecule has 0 atom stereocenters. The maximum atomic E-state index is 12.7. The second kappa shape index (κ2) is 31.0. The molecule has 0 aliphatic carbocycles. The SMILES string of the molecule is CC(C)(C)c1cc(C(F)(F)F)ccc1OCCCN.CC(C)(C)c1cc(OC(F)(F)F)ccc1OCCCN.CC(C)(C)c1cc(SC(F)(F)F)ccc1OCCCN.COc1ccc(C(C)(C)C)c(OCCCN)c1. The van der Waals surface area contributed by atoms with Crippen molar-refractivity contribution in [3.63, 3.8) is 0 Å². The average molecular weight is 1110 g/mol. The maximum absolute atomic E-state index is 12.7. The Bertz CT molecular complexity index is 2220. The Labute approximate surface area is 449 Å². The number of nitrogens with two attached hydrogens (primary N) is 4. The molecule has 0 aliphatic rings. The topological polar surface area (TPSA) is 159 Å². The van der Waals surface area contributed by atoms with Crippen LogP contribution in [0.2, 0.25) is 0 Å². The van der Waals surface area contributed by atoms with Crippen molar-refractivity contribution in [2.45, 2.75) is 153 Å². The van der Waals surface area contributed by atoms with Gasteiger partial charge in [-0.1, -0.05) is 89.2 Å². The van der Waals surface area contributed by atoms with Gasteiger partial charge in [-0.15, -0.1) is 13.2 Å². The van der Waals surface area contributed by atoms with Gasteiger partial charge in [0.1, 0.15) is 34.5 Å². The minimum absolute atomic E-state index is 0.0598. The third-order valence-electron chi connectivity index (χ3n) is 10.5. The van der Waals surface area contributed by atoms with E-state index in [1.807, 2.05) is 74.4 Å². The van der Waals surface area contributed by atoms with E-state index >= 15 is 0 Å². The van der Waals surface area contributed by atoms with Crippen molar-refractivity contribution in [1.29, 1.82) is 0 Å². The first-order valence-corrected chi connectivity index (χ1v) is 25.8. The van der Waals surface area contributed by atoms with Gasteiger partial charge in [-0.05, 0) is 152 Å². The van der Waals surface area contributed by atoms with Crippen LogP contribution in [0.3, 0.4) is 0 Å². The summed E-state index contributed by atoms with van der Waals surface area (Å²) in [6, 6.07) is 18.3. The van der Waals surface area contributed by atoms with E-state index in [1.54, 1.807) is 19.2 Å². The van der Waals surface area contributed by atoms with Gasteiger partial charge >= 0.3 is 18.0 Å². The third-order valence-corrected chi connectivity index (χ3v) is 11.2. The number of alkyl halides is 9. The van der Waals surface area contributed by atoms with Crippen LogP contribution in [0, 0.1) is 0 Å². The number of ether oxygens (including phenoxy) is 6. The Hall–Kier alpha value is -4.76. The zero-order chi connectivity index (χ0) is 58.3. The summed E-state index contributed by atoms with van der Waals surface area (Å²) >= 11 is -0.107. The molecule has 0 fully saturated rings. The van der Waals surface area contributed by atoms with E-state index < -0.39 is 29.0 Å². The summed E-state index contributed by atoms with van der Waals surface area (Å²) in [5.41, 5.74) is 18.9.